The molecule has 1 aliphatic heterocycles. The second-order valence-corrected chi connectivity index (χ2v) is 7.98. The highest BCUT2D eigenvalue weighted by Gasteiger charge is 2.22. The number of hydrogen-bond acceptors (Lipinski definition) is 6. The van der Waals surface area contributed by atoms with E-state index in [1.807, 2.05) is 47.5 Å². The summed E-state index contributed by atoms with van der Waals surface area (Å²) in [5.41, 5.74) is 2.21. The molecule has 1 saturated heterocycles. The van der Waals surface area contributed by atoms with Gasteiger partial charge < -0.3 is 15.1 Å². The quantitative estimate of drug-likeness (QED) is 0.675. The molecule has 0 radical (unpaired) electrons. The molecule has 7 nitrogen and oxygen atoms in total. The van der Waals surface area contributed by atoms with Gasteiger partial charge in [0.2, 0.25) is 0 Å². The summed E-state index contributed by atoms with van der Waals surface area (Å²) < 4.78 is 0. The number of amides is 2. The highest BCUT2D eigenvalue weighted by molar-refractivity contribution is 7.14. The molecule has 2 aromatic heterocycles. The Hall–Kier alpha value is -3.13. The van der Waals surface area contributed by atoms with Gasteiger partial charge in [0.1, 0.15) is 17.5 Å². The van der Waals surface area contributed by atoms with Crippen LogP contribution in [-0.2, 0) is 0 Å². The van der Waals surface area contributed by atoms with Crippen molar-refractivity contribution >= 4 is 39.7 Å². The average molecular weight is 409 g/mol. The maximum absolute atomic E-state index is 12.4. The summed E-state index contributed by atoms with van der Waals surface area (Å²) in [6.07, 6.45) is 0. The van der Waals surface area contributed by atoms with E-state index < -0.39 is 0 Å². The summed E-state index contributed by atoms with van der Waals surface area (Å²) in [5.74, 6) is 2.37. The molecule has 3 heterocycles. The fourth-order valence-corrected chi connectivity index (χ4v) is 3.84. The van der Waals surface area contributed by atoms with Gasteiger partial charge in [-0.15, -0.1) is 11.3 Å². The SMILES string of the molecule is Cc1ccc(Nc2cc(N3CCN(C(=O)Nc4cccs4)CC3)nc(C)n2)cc1. The lowest BCUT2D eigenvalue weighted by Gasteiger charge is -2.35. The first kappa shape index (κ1) is 19.2. The monoisotopic (exact) mass is 408 g/mol. The Morgan fingerprint density at radius 3 is 2.48 bits per heavy atom. The van der Waals surface area contributed by atoms with Crippen molar-refractivity contribution in [3.63, 3.8) is 0 Å². The summed E-state index contributed by atoms with van der Waals surface area (Å²) in [7, 11) is 0. The van der Waals surface area contributed by atoms with Crippen molar-refractivity contribution < 1.29 is 4.79 Å². The van der Waals surface area contributed by atoms with Crippen LogP contribution in [-0.4, -0.2) is 47.1 Å². The number of piperazine rings is 1. The van der Waals surface area contributed by atoms with Gasteiger partial charge in [-0.05, 0) is 43.5 Å². The van der Waals surface area contributed by atoms with Gasteiger partial charge in [0, 0.05) is 37.9 Å². The molecule has 1 aliphatic rings. The molecule has 3 aromatic rings. The predicted molar refractivity (Wildman–Crippen MR) is 118 cm³/mol. The first-order chi connectivity index (χ1) is 14.1. The van der Waals surface area contributed by atoms with E-state index in [4.69, 9.17) is 0 Å². The van der Waals surface area contributed by atoms with E-state index >= 15 is 0 Å². The number of carbonyl (C=O) groups excluding carboxylic acids is 1. The van der Waals surface area contributed by atoms with Gasteiger partial charge in [-0.25, -0.2) is 14.8 Å². The molecule has 2 amide bonds. The number of anilines is 4. The third-order valence-corrected chi connectivity index (χ3v) is 5.58. The van der Waals surface area contributed by atoms with Gasteiger partial charge in [-0.2, -0.15) is 0 Å². The zero-order valence-corrected chi connectivity index (χ0v) is 17.4. The molecule has 0 unspecified atom stereocenters. The van der Waals surface area contributed by atoms with Crippen LogP contribution in [0.4, 0.5) is 27.1 Å². The average Bonchev–Trinajstić information content (AvgIpc) is 3.22. The van der Waals surface area contributed by atoms with Crippen molar-refractivity contribution in [1.29, 1.82) is 0 Å². The van der Waals surface area contributed by atoms with Crippen molar-refractivity contribution in [3.05, 3.63) is 59.2 Å². The van der Waals surface area contributed by atoms with Crippen LogP contribution in [0.1, 0.15) is 11.4 Å². The van der Waals surface area contributed by atoms with Crippen LogP contribution in [0.5, 0.6) is 0 Å². The summed E-state index contributed by atoms with van der Waals surface area (Å²) in [6, 6.07) is 14.0. The highest BCUT2D eigenvalue weighted by Crippen LogP contribution is 2.22. The Morgan fingerprint density at radius 2 is 1.79 bits per heavy atom. The first-order valence-electron chi connectivity index (χ1n) is 9.60. The fraction of sp³-hybridized carbons (Fsp3) is 0.286. The van der Waals surface area contributed by atoms with Gasteiger partial charge in [0.05, 0.1) is 5.00 Å². The smallest absolute Gasteiger partial charge is 0.322 e. The number of thiophene rings is 1. The second kappa shape index (κ2) is 8.48. The predicted octanol–water partition coefficient (Wildman–Crippen LogP) is 4.25. The van der Waals surface area contributed by atoms with Crippen molar-refractivity contribution in [3.8, 4) is 0 Å². The zero-order chi connectivity index (χ0) is 20.2. The molecular weight excluding hydrogens is 384 g/mol. The molecule has 0 bridgehead atoms. The van der Waals surface area contributed by atoms with Crippen molar-refractivity contribution in [2.24, 2.45) is 0 Å². The van der Waals surface area contributed by atoms with E-state index in [2.05, 4.69) is 44.6 Å². The third kappa shape index (κ3) is 4.83. The van der Waals surface area contributed by atoms with E-state index in [9.17, 15) is 4.79 Å². The lowest BCUT2D eigenvalue weighted by Crippen LogP contribution is -2.50. The van der Waals surface area contributed by atoms with Crippen LogP contribution in [0, 0.1) is 13.8 Å². The molecule has 4 rings (SSSR count). The number of benzene rings is 1. The molecule has 150 valence electrons. The van der Waals surface area contributed by atoms with Crippen molar-refractivity contribution in [2.45, 2.75) is 13.8 Å². The largest absolute Gasteiger partial charge is 0.353 e. The van der Waals surface area contributed by atoms with Crippen molar-refractivity contribution in [2.75, 3.05) is 41.7 Å². The number of nitrogens with zero attached hydrogens (tertiary/aromatic N) is 4. The second-order valence-electron chi connectivity index (χ2n) is 7.03. The Morgan fingerprint density at radius 1 is 1.03 bits per heavy atom. The highest BCUT2D eigenvalue weighted by atomic mass is 32.1. The lowest BCUT2D eigenvalue weighted by atomic mass is 10.2. The Kier molecular flexibility index (Phi) is 5.62. The van der Waals surface area contributed by atoms with E-state index in [0.717, 1.165) is 41.2 Å². The number of hydrogen-bond donors (Lipinski definition) is 2. The maximum atomic E-state index is 12.4. The minimum absolute atomic E-state index is 0.0484. The molecule has 1 aromatic carbocycles. The van der Waals surface area contributed by atoms with Crippen LogP contribution in [0.3, 0.4) is 0 Å². The van der Waals surface area contributed by atoms with Gasteiger partial charge in [-0.3, -0.25) is 5.32 Å². The fourth-order valence-electron chi connectivity index (χ4n) is 3.24. The zero-order valence-electron chi connectivity index (χ0n) is 16.6. The Balaban J connectivity index is 1.39. The minimum Gasteiger partial charge on any atom is -0.353 e. The lowest BCUT2D eigenvalue weighted by molar-refractivity contribution is 0.208. The number of carbonyl (C=O) groups is 1. The molecule has 0 saturated carbocycles. The molecule has 0 spiro atoms. The number of rotatable bonds is 4. The molecular formula is C21H24N6OS. The number of urea groups is 1. The van der Waals surface area contributed by atoms with Crippen LogP contribution < -0.4 is 15.5 Å². The normalized spacial score (nSPS) is 14.0. The van der Waals surface area contributed by atoms with Crippen LogP contribution in [0.2, 0.25) is 0 Å². The number of aryl methyl sites for hydroxylation is 2. The van der Waals surface area contributed by atoms with E-state index in [1.165, 1.54) is 16.9 Å². The number of nitrogens with one attached hydrogen (secondary N) is 2. The maximum Gasteiger partial charge on any atom is 0.322 e. The topological polar surface area (TPSA) is 73.4 Å². The standard InChI is InChI=1S/C21H24N6OS/c1-15-5-7-17(8-6-15)24-18-14-19(23-16(2)22-18)26-9-11-27(12-10-26)21(28)25-20-4-3-13-29-20/h3-8,13-14H,9-12H2,1-2H3,(H,25,28)(H,22,23,24). The molecule has 8 heteroatoms. The van der Waals surface area contributed by atoms with Gasteiger partial charge >= 0.3 is 6.03 Å². The summed E-state index contributed by atoms with van der Waals surface area (Å²) in [6.45, 7) is 6.74. The summed E-state index contributed by atoms with van der Waals surface area (Å²) in [5, 5.41) is 9.12. The number of aromatic nitrogens is 2. The van der Waals surface area contributed by atoms with E-state index in [-0.39, 0.29) is 6.03 Å². The molecule has 0 atom stereocenters. The Bertz CT molecular complexity index is 965. The molecule has 1 fully saturated rings. The summed E-state index contributed by atoms with van der Waals surface area (Å²) in [4.78, 5) is 25.6. The third-order valence-electron chi connectivity index (χ3n) is 4.79. The minimum atomic E-state index is -0.0484. The Labute approximate surface area is 174 Å². The van der Waals surface area contributed by atoms with Crippen LogP contribution >= 0.6 is 11.3 Å². The van der Waals surface area contributed by atoms with Crippen molar-refractivity contribution in [1.82, 2.24) is 14.9 Å². The van der Waals surface area contributed by atoms with Gasteiger partial charge in [0.25, 0.3) is 0 Å². The molecule has 0 aliphatic carbocycles. The van der Waals surface area contributed by atoms with Crippen LogP contribution in [0.25, 0.3) is 0 Å². The van der Waals surface area contributed by atoms with E-state index in [0.29, 0.717) is 13.1 Å². The van der Waals surface area contributed by atoms with Gasteiger partial charge in [0.15, 0.2) is 0 Å². The van der Waals surface area contributed by atoms with Gasteiger partial charge in [-0.1, -0.05) is 17.7 Å². The summed E-state index contributed by atoms with van der Waals surface area (Å²) >= 11 is 1.52. The molecule has 29 heavy (non-hydrogen) atoms. The van der Waals surface area contributed by atoms with E-state index in [1.54, 1.807) is 0 Å². The first-order valence-corrected chi connectivity index (χ1v) is 10.5. The molecule has 2 N–H and O–H groups in total. The van der Waals surface area contributed by atoms with Crippen LogP contribution in [0.15, 0.2) is 47.8 Å².